The molecule has 0 aliphatic heterocycles. The number of hydrogen-bond donors (Lipinski definition) is 2. The third-order valence-corrected chi connectivity index (χ3v) is 5.92. The van der Waals surface area contributed by atoms with E-state index in [4.69, 9.17) is 17.3 Å². The molecule has 3 N–H and O–H groups in total. The molecule has 1 fully saturated rings. The second-order valence-corrected chi connectivity index (χ2v) is 8.08. The van der Waals surface area contributed by atoms with Crippen molar-refractivity contribution in [3.63, 3.8) is 0 Å². The van der Waals surface area contributed by atoms with Crippen molar-refractivity contribution in [3.05, 3.63) is 39.9 Å². The van der Waals surface area contributed by atoms with E-state index >= 15 is 0 Å². The largest absolute Gasteiger partial charge is 0.348 e. The molecule has 0 bridgehead atoms. The summed E-state index contributed by atoms with van der Waals surface area (Å²) in [6, 6.07) is 5.77. The van der Waals surface area contributed by atoms with Gasteiger partial charge < -0.3 is 11.1 Å². The minimum absolute atomic E-state index is 0.230. The lowest BCUT2D eigenvalue weighted by Crippen LogP contribution is -2.47. The van der Waals surface area contributed by atoms with Gasteiger partial charge in [-0.1, -0.05) is 41.8 Å². The number of pyridine rings is 1. The van der Waals surface area contributed by atoms with Crippen LogP contribution < -0.4 is 11.1 Å². The monoisotopic (exact) mass is 375 g/mol. The molecule has 0 atom stereocenters. The average Bonchev–Trinajstić information content (AvgIpc) is 3.31. The molecule has 3 aromatic heterocycles. The van der Waals surface area contributed by atoms with Gasteiger partial charge in [0.15, 0.2) is 5.01 Å². The summed E-state index contributed by atoms with van der Waals surface area (Å²) in [5.41, 5.74) is 8.29. The summed E-state index contributed by atoms with van der Waals surface area (Å²) in [6.45, 7) is 0.467. The van der Waals surface area contributed by atoms with Crippen LogP contribution in [0.1, 0.15) is 35.5 Å². The van der Waals surface area contributed by atoms with Gasteiger partial charge in [0, 0.05) is 23.8 Å². The Balaban J connectivity index is 1.56. The van der Waals surface area contributed by atoms with Crippen LogP contribution in [-0.2, 0) is 0 Å². The Morgan fingerprint density at radius 2 is 2.20 bits per heavy atom. The zero-order valence-electron chi connectivity index (χ0n) is 13.5. The summed E-state index contributed by atoms with van der Waals surface area (Å²) >= 11 is 7.52. The minimum Gasteiger partial charge on any atom is -0.348 e. The Morgan fingerprint density at radius 1 is 1.40 bits per heavy atom. The van der Waals surface area contributed by atoms with Crippen LogP contribution in [0.15, 0.2) is 30.6 Å². The highest BCUT2D eigenvalue weighted by Gasteiger charge is 2.30. The van der Waals surface area contributed by atoms with E-state index in [1.807, 2.05) is 24.4 Å². The van der Waals surface area contributed by atoms with E-state index < -0.39 is 0 Å². The molecule has 3 aromatic rings. The Labute approximate surface area is 154 Å². The summed E-state index contributed by atoms with van der Waals surface area (Å²) in [6.07, 6.45) is 7.70. The molecule has 4 rings (SSSR count). The fraction of sp³-hybridized carbons (Fsp3) is 0.353. The van der Waals surface area contributed by atoms with Crippen molar-refractivity contribution >= 4 is 34.4 Å². The Kier molecular flexibility index (Phi) is 4.23. The first-order valence-corrected chi connectivity index (χ1v) is 9.41. The highest BCUT2D eigenvalue weighted by atomic mass is 35.5. The fourth-order valence-electron chi connectivity index (χ4n) is 3.27. The number of carbonyl (C=O) groups is 1. The predicted octanol–water partition coefficient (Wildman–Crippen LogP) is 3.11. The van der Waals surface area contributed by atoms with Crippen molar-refractivity contribution in [2.45, 2.75) is 31.2 Å². The molecular weight excluding hydrogens is 358 g/mol. The van der Waals surface area contributed by atoms with Gasteiger partial charge in [0.1, 0.15) is 10.0 Å². The molecule has 1 saturated carbocycles. The van der Waals surface area contributed by atoms with Gasteiger partial charge in [-0.25, -0.2) is 9.50 Å². The van der Waals surface area contributed by atoms with Crippen LogP contribution in [-0.4, -0.2) is 32.6 Å². The van der Waals surface area contributed by atoms with Crippen LogP contribution in [0.25, 0.3) is 16.8 Å². The molecule has 25 heavy (non-hydrogen) atoms. The molecule has 0 radical (unpaired) electrons. The van der Waals surface area contributed by atoms with Gasteiger partial charge in [-0.05, 0) is 25.0 Å². The first-order valence-electron chi connectivity index (χ1n) is 8.22. The second-order valence-electron chi connectivity index (χ2n) is 6.48. The van der Waals surface area contributed by atoms with E-state index in [9.17, 15) is 4.79 Å². The molecule has 6 nitrogen and oxygen atoms in total. The highest BCUT2D eigenvalue weighted by Crippen LogP contribution is 2.35. The molecule has 8 heteroatoms. The Morgan fingerprint density at radius 3 is 3.00 bits per heavy atom. The summed E-state index contributed by atoms with van der Waals surface area (Å²) in [4.78, 5) is 16.9. The SMILES string of the molecule is NC1(CNC(=O)c2nc(-c3cnn4ccccc34)c(Cl)s2)CCCC1. The van der Waals surface area contributed by atoms with Crippen molar-refractivity contribution in [1.29, 1.82) is 0 Å². The molecule has 0 aromatic carbocycles. The zero-order valence-corrected chi connectivity index (χ0v) is 15.1. The first kappa shape index (κ1) is 16.5. The van der Waals surface area contributed by atoms with Crippen LogP contribution in [0.4, 0.5) is 0 Å². The second kappa shape index (κ2) is 6.40. The van der Waals surface area contributed by atoms with E-state index in [0.717, 1.165) is 36.8 Å². The lowest BCUT2D eigenvalue weighted by atomic mass is 9.99. The third kappa shape index (κ3) is 3.15. The van der Waals surface area contributed by atoms with Crippen LogP contribution in [0, 0.1) is 0 Å². The van der Waals surface area contributed by atoms with Crippen LogP contribution in [0.2, 0.25) is 4.34 Å². The third-order valence-electron chi connectivity index (χ3n) is 4.66. The van der Waals surface area contributed by atoms with E-state index in [1.165, 1.54) is 11.3 Å². The van der Waals surface area contributed by atoms with E-state index in [1.54, 1.807) is 10.7 Å². The zero-order chi connectivity index (χ0) is 17.4. The van der Waals surface area contributed by atoms with Crippen molar-refractivity contribution in [3.8, 4) is 11.3 Å². The fourth-order valence-corrected chi connectivity index (χ4v) is 4.36. The lowest BCUT2D eigenvalue weighted by molar-refractivity contribution is 0.0943. The van der Waals surface area contributed by atoms with Crippen molar-refractivity contribution in [2.75, 3.05) is 6.54 Å². The maximum atomic E-state index is 12.4. The summed E-state index contributed by atoms with van der Waals surface area (Å²) in [5.74, 6) is -0.230. The molecule has 3 heterocycles. The van der Waals surface area contributed by atoms with Gasteiger partial charge >= 0.3 is 0 Å². The number of nitrogens with two attached hydrogens (primary N) is 1. The lowest BCUT2D eigenvalue weighted by Gasteiger charge is -2.23. The molecule has 0 saturated heterocycles. The van der Waals surface area contributed by atoms with Crippen LogP contribution >= 0.6 is 22.9 Å². The topological polar surface area (TPSA) is 85.3 Å². The molecule has 0 spiro atoms. The van der Waals surface area contributed by atoms with E-state index in [0.29, 0.717) is 21.6 Å². The molecule has 1 aliphatic carbocycles. The first-order chi connectivity index (χ1) is 12.1. The summed E-state index contributed by atoms with van der Waals surface area (Å²) in [7, 11) is 0. The number of thiazole rings is 1. The van der Waals surface area contributed by atoms with Gasteiger partial charge in [0.05, 0.1) is 11.7 Å². The number of nitrogens with zero attached hydrogens (tertiary/aromatic N) is 3. The van der Waals surface area contributed by atoms with Gasteiger partial charge in [-0.3, -0.25) is 4.79 Å². The van der Waals surface area contributed by atoms with Gasteiger partial charge in [0.2, 0.25) is 0 Å². The molecule has 1 aliphatic rings. The Hall–Kier alpha value is -1.96. The van der Waals surface area contributed by atoms with Crippen molar-refractivity contribution in [1.82, 2.24) is 19.9 Å². The smallest absolute Gasteiger partial charge is 0.280 e. The number of amides is 1. The van der Waals surface area contributed by atoms with E-state index in [-0.39, 0.29) is 11.4 Å². The Bertz CT molecular complexity index is 928. The number of carbonyl (C=O) groups excluding carboxylic acids is 1. The maximum absolute atomic E-state index is 12.4. The van der Waals surface area contributed by atoms with Crippen molar-refractivity contribution in [2.24, 2.45) is 5.73 Å². The average molecular weight is 376 g/mol. The quantitative estimate of drug-likeness (QED) is 0.733. The van der Waals surface area contributed by atoms with Gasteiger partial charge in [0.25, 0.3) is 5.91 Å². The molecule has 0 unspecified atom stereocenters. The maximum Gasteiger partial charge on any atom is 0.280 e. The van der Waals surface area contributed by atoms with Crippen LogP contribution in [0.5, 0.6) is 0 Å². The van der Waals surface area contributed by atoms with Crippen LogP contribution in [0.3, 0.4) is 0 Å². The van der Waals surface area contributed by atoms with E-state index in [2.05, 4.69) is 15.4 Å². The normalized spacial score (nSPS) is 16.4. The van der Waals surface area contributed by atoms with Crippen molar-refractivity contribution < 1.29 is 4.79 Å². The molecule has 1 amide bonds. The summed E-state index contributed by atoms with van der Waals surface area (Å²) < 4.78 is 2.23. The number of aromatic nitrogens is 3. The number of halogens is 1. The number of rotatable bonds is 4. The minimum atomic E-state index is -0.290. The van der Waals surface area contributed by atoms with Gasteiger partial charge in [-0.15, -0.1) is 0 Å². The number of hydrogen-bond acceptors (Lipinski definition) is 5. The standard InChI is InChI=1S/C17H18ClN5OS/c18-14-13(11-9-21-23-8-4-1-5-12(11)23)22-16(25-14)15(24)20-10-17(19)6-2-3-7-17/h1,4-5,8-9H,2-3,6-7,10,19H2,(H,20,24). The molecular formula is C17H18ClN5OS. The molecule has 130 valence electrons. The number of nitrogens with one attached hydrogen (secondary N) is 1. The van der Waals surface area contributed by atoms with Gasteiger partial charge in [-0.2, -0.15) is 5.10 Å². The predicted molar refractivity (Wildman–Crippen MR) is 99.0 cm³/mol. The highest BCUT2D eigenvalue weighted by molar-refractivity contribution is 7.18. The summed E-state index contributed by atoms with van der Waals surface area (Å²) in [5, 5.41) is 7.55. The number of fused-ring (bicyclic) bond motifs is 1.